The topological polar surface area (TPSA) is 34.5 Å². The zero-order chi connectivity index (χ0) is 19.7. The molecule has 3 rings (SSSR count). The lowest BCUT2D eigenvalue weighted by molar-refractivity contribution is -0.117. The van der Waals surface area contributed by atoms with Crippen molar-refractivity contribution in [2.24, 2.45) is 7.05 Å². The van der Waals surface area contributed by atoms with Crippen molar-refractivity contribution in [1.82, 2.24) is 9.47 Å². The minimum absolute atomic E-state index is 0.169. The molecule has 1 saturated carbocycles. The number of nitrogens with zero attached hydrogens (tertiary/aromatic N) is 2. The second-order valence-electron chi connectivity index (χ2n) is 8.60. The third-order valence-corrected chi connectivity index (χ3v) is 6.47. The lowest BCUT2D eigenvalue weighted by Crippen LogP contribution is -2.47. The second-order valence-corrected chi connectivity index (χ2v) is 13.0. The molecule has 0 unspecified atom stereocenters. The number of para-hydroxylation sites is 1. The number of benzene rings is 1. The van der Waals surface area contributed by atoms with Gasteiger partial charge in [0.05, 0.1) is 11.3 Å². The summed E-state index contributed by atoms with van der Waals surface area (Å²) in [6.07, 6.45) is 6.91. The summed E-state index contributed by atoms with van der Waals surface area (Å²) in [6.45, 7) is 11.8. The fraction of sp³-hybridized carbons (Fsp3) is 0.500. The molecule has 0 bridgehead atoms. The Hall–Kier alpha value is -1.85. The van der Waals surface area contributed by atoms with E-state index in [0.717, 1.165) is 25.7 Å². The summed E-state index contributed by atoms with van der Waals surface area (Å²) in [5.74, 6) is 0. The van der Waals surface area contributed by atoms with Gasteiger partial charge in [-0.25, -0.2) is 0 Å². The van der Waals surface area contributed by atoms with Crippen LogP contribution < -0.4 is 0 Å². The Morgan fingerprint density at radius 1 is 1.30 bits per heavy atom. The second kappa shape index (κ2) is 7.64. The number of aryl methyl sites for hydroxylation is 1. The van der Waals surface area contributed by atoms with Gasteiger partial charge in [-0.3, -0.25) is 4.79 Å². The first-order valence-electron chi connectivity index (χ1n) is 9.88. The van der Waals surface area contributed by atoms with Gasteiger partial charge >= 0.3 is 0 Å². The lowest BCUT2D eigenvalue weighted by Gasteiger charge is -2.47. The number of aromatic nitrogens is 1. The Morgan fingerprint density at radius 2 is 2.00 bits per heavy atom. The fourth-order valence-corrected chi connectivity index (χ4v) is 5.86. The number of carbonyl (C=O) groups excluding carboxylic acids is 1. The fourth-order valence-electron chi connectivity index (χ4n) is 4.38. The van der Waals surface area contributed by atoms with Crippen LogP contribution in [0.3, 0.4) is 0 Å². The van der Waals surface area contributed by atoms with E-state index in [-0.39, 0.29) is 5.60 Å². The lowest BCUT2D eigenvalue weighted by atomic mass is 9.76. The normalized spacial score (nSPS) is 16.1. The minimum Gasteiger partial charge on any atom is -0.407 e. The molecule has 1 amide bonds. The Balaban J connectivity index is 2.07. The largest absolute Gasteiger partial charge is 0.407 e. The van der Waals surface area contributed by atoms with Crippen molar-refractivity contribution in [1.29, 1.82) is 0 Å². The summed E-state index contributed by atoms with van der Waals surface area (Å²) in [5, 5.41) is 1.28. The van der Waals surface area contributed by atoms with E-state index in [1.54, 1.807) is 11.0 Å². The van der Waals surface area contributed by atoms with E-state index < -0.39 is 8.32 Å². The molecule has 1 aliphatic carbocycles. The van der Waals surface area contributed by atoms with Crippen molar-refractivity contribution in [3.63, 3.8) is 0 Å². The van der Waals surface area contributed by atoms with Crippen molar-refractivity contribution in [2.45, 2.75) is 50.9 Å². The van der Waals surface area contributed by atoms with Crippen molar-refractivity contribution < 1.29 is 9.22 Å². The van der Waals surface area contributed by atoms with Crippen LogP contribution in [-0.4, -0.2) is 37.3 Å². The maximum absolute atomic E-state index is 11.4. The highest BCUT2D eigenvalue weighted by molar-refractivity contribution is 6.69. The first-order chi connectivity index (χ1) is 12.8. The number of hydrogen-bond donors (Lipinski definition) is 0. The zero-order valence-corrected chi connectivity index (χ0v) is 18.1. The van der Waals surface area contributed by atoms with E-state index in [1.807, 2.05) is 0 Å². The molecule has 0 spiro atoms. The summed E-state index contributed by atoms with van der Waals surface area (Å²) in [4.78, 5) is 13.2. The average molecular weight is 385 g/mol. The number of rotatable bonds is 9. The molecule has 1 fully saturated rings. The molecule has 1 aromatic carbocycles. The maximum atomic E-state index is 11.4. The maximum Gasteiger partial charge on any atom is 0.209 e. The van der Waals surface area contributed by atoms with Crippen LogP contribution in [0, 0.1) is 0 Å². The van der Waals surface area contributed by atoms with Crippen molar-refractivity contribution in [3.05, 3.63) is 48.2 Å². The van der Waals surface area contributed by atoms with E-state index >= 15 is 0 Å². The molecule has 1 heterocycles. The number of carbonyl (C=O) groups is 1. The molecule has 146 valence electrons. The molecular weight excluding hydrogens is 352 g/mol. The van der Waals surface area contributed by atoms with E-state index in [0.29, 0.717) is 13.1 Å². The van der Waals surface area contributed by atoms with E-state index in [4.69, 9.17) is 4.43 Å². The number of hydrogen-bond acceptors (Lipinski definition) is 2. The van der Waals surface area contributed by atoms with Crippen molar-refractivity contribution in [2.75, 3.05) is 13.1 Å². The van der Waals surface area contributed by atoms with Crippen molar-refractivity contribution in [3.8, 4) is 0 Å². The highest BCUT2D eigenvalue weighted by Gasteiger charge is 2.46. The predicted molar refractivity (Wildman–Crippen MR) is 114 cm³/mol. The van der Waals surface area contributed by atoms with Gasteiger partial charge in [-0.2, -0.15) is 0 Å². The Bertz CT molecular complexity index is 831. The van der Waals surface area contributed by atoms with Gasteiger partial charge in [-0.1, -0.05) is 24.3 Å². The zero-order valence-electron chi connectivity index (χ0n) is 17.1. The first kappa shape index (κ1) is 19.9. The molecule has 0 aliphatic heterocycles. The van der Waals surface area contributed by atoms with Crippen molar-refractivity contribution >= 4 is 25.6 Å². The van der Waals surface area contributed by atoms with Crippen LogP contribution in [0.4, 0.5) is 0 Å². The highest BCUT2D eigenvalue weighted by atomic mass is 28.4. The molecule has 5 heteroatoms. The predicted octanol–water partition coefficient (Wildman–Crippen LogP) is 4.60. The first-order valence-corrected chi connectivity index (χ1v) is 13.3. The van der Waals surface area contributed by atoms with Gasteiger partial charge in [0, 0.05) is 31.0 Å². The monoisotopic (exact) mass is 384 g/mol. The Morgan fingerprint density at radius 3 is 2.56 bits per heavy atom. The summed E-state index contributed by atoms with van der Waals surface area (Å²) < 4.78 is 9.13. The number of amides is 1. The van der Waals surface area contributed by atoms with E-state index in [1.165, 1.54) is 28.6 Å². The third kappa shape index (κ3) is 3.89. The van der Waals surface area contributed by atoms with Crippen LogP contribution in [0.25, 0.3) is 10.9 Å². The van der Waals surface area contributed by atoms with Gasteiger partial charge in [0.1, 0.15) is 0 Å². The molecule has 4 nitrogen and oxygen atoms in total. The van der Waals surface area contributed by atoms with Crippen LogP contribution in [0.1, 0.15) is 30.5 Å². The van der Waals surface area contributed by atoms with Gasteiger partial charge in [0.2, 0.25) is 6.41 Å². The molecule has 0 N–H and O–H groups in total. The van der Waals surface area contributed by atoms with Crippen LogP contribution >= 0.6 is 0 Å². The molecular formula is C22H32N2O2Si. The third-order valence-electron chi connectivity index (χ3n) is 5.47. The summed E-state index contributed by atoms with van der Waals surface area (Å²) in [7, 11) is 0.465. The van der Waals surface area contributed by atoms with E-state index in [9.17, 15) is 4.79 Å². The molecule has 27 heavy (non-hydrogen) atoms. The molecule has 0 atom stereocenters. The van der Waals surface area contributed by atoms with Crippen LogP contribution in [0.5, 0.6) is 0 Å². The average Bonchev–Trinajstić information content (AvgIpc) is 2.87. The highest BCUT2D eigenvalue weighted by Crippen LogP contribution is 2.49. The standard InChI is InChI=1S/C22H32N2O2Si/c1-6-15-24(17-25)16-12-19-18-10-7-8-11-20(18)23(2)21(19)22(13-9-14-22)26-27(3,4)5/h6-8,10-11,17H,1,9,12-16H2,2-5H3. The van der Waals surface area contributed by atoms with Crippen LogP contribution in [-0.2, 0) is 28.3 Å². The molecule has 1 aliphatic rings. The summed E-state index contributed by atoms with van der Waals surface area (Å²) >= 11 is 0. The summed E-state index contributed by atoms with van der Waals surface area (Å²) in [5.41, 5.74) is 3.73. The molecule has 0 saturated heterocycles. The number of fused-ring (bicyclic) bond motifs is 1. The SMILES string of the molecule is C=CCN(C=O)CCc1c(C2(O[Si](C)(C)C)CCC2)n(C)c2ccccc12. The van der Waals surface area contributed by atoms with Gasteiger partial charge in [0.25, 0.3) is 0 Å². The summed E-state index contributed by atoms with van der Waals surface area (Å²) in [6, 6.07) is 8.58. The van der Waals surface area contributed by atoms with Gasteiger partial charge in [-0.05, 0) is 57.0 Å². The quantitative estimate of drug-likeness (QED) is 0.360. The van der Waals surface area contributed by atoms with E-state index in [2.05, 4.69) is 62.1 Å². The minimum atomic E-state index is -1.70. The van der Waals surface area contributed by atoms with Gasteiger partial charge in [-0.15, -0.1) is 6.58 Å². The molecule has 1 aromatic heterocycles. The smallest absolute Gasteiger partial charge is 0.209 e. The van der Waals surface area contributed by atoms with Gasteiger partial charge in [0.15, 0.2) is 8.32 Å². The van der Waals surface area contributed by atoms with Crippen LogP contribution in [0.15, 0.2) is 36.9 Å². The molecule has 0 radical (unpaired) electrons. The van der Waals surface area contributed by atoms with Gasteiger partial charge < -0.3 is 13.9 Å². The van der Waals surface area contributed by atoms with Crippen LogP contribution in [0.2, 0.25) is 19.6 Å². The molecule has 2 aromatic rings. The Labute approximate surface area is 163 Å². The Kier molecular flexibility index (Phi) is 5.63.